The van der Waals surface area contributed by atoms with E-state index in [4.69, 9.17) is 0 Å². The standard InChI is InChI=1S/C12H18.3C2H6/c1-6-11(5)12(7-2)9-8-10(3)4;3*1-2/h6-10H,1-2H2,3-5H3;3*1-2H3/b9-8-,12-11+;;;. The molecule has 0 spiro atoms. The molecular formula is C18H36. The van der Waals surface area contributed by atoms with E-state index in [0.29, 0.717) is 5.92 Å². The Morgan fingerprint density at radius 3 is 1.44 bits per heavy atom. The van der Waals surface area contributed by atoms with Crippen molar-refractivity contribution in [1.29, 1.82) is 0 Å². The van der Waals surface area contributed by atoms with Crippen molar-refractivity contribution in [2.75, 3.05) is 0 Å². The zero-order valence-corrected chi connectivity index (χ0v) is 14.3. The summed E-state index contributed by atoms with van der Waals surface area (Å²) in [6.45, 7) is 25.8. The molecule has 0 nitrogen and oxygen atoms in total. The molecule has 0 rings (SSSR count). The highest BCUT2D eigenvalue weighted by molar-refractivity contribution is 5.38. The van der Waals surface area contributed by atoms with Gasteiger partial charge < -0.3 is 0 Å². The van der Waals surface area contributed by atoms with Crippen molar-refractivity contribution < 1.29 is 0 Å². The van der Waals surface area contributed by atoms with Gasteiger partial charge in [-0.3, -0.25) is 0 Å². The van der Waals surface area contributed by atoms with E-state index >= 15 is 0 Å². The Hall–Kier alpha value is -1.04. The second-order valence-corrected chi connectivity index (χ2v) is 3.15. The maximum atomic E-state index is 3.75. The Morgan fingerprint density at radius 2 is 1.22 bits per heavy atom. The molecule has 0 heterocycles. The quantitative estimate of drug-likeness (QED) is 0.474. The average molecular weight is 252 g/mol. The maximum Gasteiger partial charge on any atom is -0.0237 e. The molecule has 0 radical (unpaired) electrons. The molecule has 0 aliphatic heterocycles. The van der Waals surface area contributed by atoms with Crippen molar-refractivity contribution in [2.45, 2.75) is 62.3 Å². The van der Waals surface area contributed by atoms with E-state index in [-0.39, 0.29) is 0 Å². The normalized spacial score (nSPS) is 9.89. The summed E-state index contributed by atoms with van der Waals surface area (Å²) in [4.78, 5) is 0. The molecule has 0 saturated heterocycles. The summed E-state index contributed by atoms with van der Waals surface area (Å²) in [7, 11) is 0. The number of hydrogen-bond donors (Lipinski definition) is 0. The minimum atomic E-state index is 0.581. The van der Waals surface area contributed by atoms with E-state index in [0.717, 1.165) is 5.57 Å². The van der Waals surface area contributed by atoms with Gasteiger partial charge in [-0.15, -0.1) is 0 Å². The first-order chi connectivity index (χ1) is 8.61. The molecule has 0 aromatic rings. The lowest BCUT2D eigenvalue weighted by molar-refractivity contribution is 0.831. The minimum absolute atomic E-state index is 0.581. The van der Waals surface area contributed by atoms with Crippen molar-refractivity contribution >= 4 is 0 Å². The van der Waals surface area contributed by atoms with Crippen LogP contribution in [0.5, 0.6) is 0 Å². The number of hydrogen-bond acceptors (Lipinski definition) is 0. The van der Waals surface area contributed by atoms with Crippen LogP contribution < -0.4 is 0 Å². The molecule has 0 amide bonds. The Kier molecular flexibility index (Phi) is 35.7. The first-order valence-corrected chi connectivity index (χ1v) is 7.25. The second-order valence-electron chi connectivity index (χ2n) is 3.15. The van der Waals surface area contributed by atoms with Gasteiger partial charge in [0.15, 0.2) is 0 Å². The smallest absolute Gasteiger partial charge is 0.0237 e. The number of rotatable bonds is 4. The molecule has 0 aromatic carbocycles. The van der Waals surface area contributed by atoms with E-state index in [1.165, 1.54) is 5.57 Å². The Morgan fingerprint density at radius 1 is 0.833 bits per heavy atom. The SMILES string of the molecule is C=C/C(C)=C(C=C)/C=C\C(C)C.CC.CC.CC. The fraction of sp³-hybridized carbons (Fsp3) is 0.556. The molecule has 108 valence electrons. The van der Waals surface area contributed by atoms with Crippen LogP contribution >= 0.6 is 0 Å². The Bertz CT molecular complexity index is 214. The molecule has 0 aliphatic rings. The Balaban J connectivity index is -0.000000141. The molecule has 18 heavy (non-hydrogen) atoms. The summed E-state index contributed by atoms with van der Waals surface area (Å²) >= 11 is 0. The van der Waals surface area contributed by atoms with E-state index in [2.05, 4.69) is 39.2 Å². The van der Waals surface area contributed by atoms with E-state index in [9.17, 15) is 0 Å². The van der Waals surface area contributed by atoms with Crippen LogP contribution in [0.25, 0.3) is 0 Å². The molecular weight excluding hydrogens is 216 g/mol. The van der Waals surface area contributed by atoms with Gasteiger partial charge in [0.05, 0.1) is 0 Å². The predicted octanol–water partition coefficient (Wildman–Crippen LogP) is 6.97. The lowest BCUT2D eigenvalue weighted by atomic mass is 10.1. The molecule has 0 saturated carbocycles. The summed E-state index contributed by atoms with van der Waals surface area (Å²) in [6, 6.07) is 0. The molecule has 0 aliphatic carbocycles. The maximum absolute atomic E-state index is 3.75. The predicted molar refractivity (Wildman–Crippen MR) is 91.1 cm³/mol. The summed E-state index contributed by atoms with van der Waals surface area (Å²) < 4.78 is 0. The van der Waals surface area contributed by atoms with Crippen molar-refractivity contribution in [3.05, 3.63) is 48.6 Å². The largest absolute Gasteiger partial charge is 0.0988 e. The van der Waals surface area contributed by atoms with Crippen LogP contribution in [0.4, 0.5) is 0 Å². The van der Waals surface area contributed by atoms with Gasteiger partial charge in [-0.1, -0.05) is 92.9 Å². The molecule has 0 fully saturated rings. The van der Waals surface area contributed by atoms with E-state index in [1.807, 2.05) is 60.6 Å². The van der Waals surface area contributed by atoms with Gasteiger partial charge in [0.25, 0.3) is 0 Å². The topological polar surface area (TPSA) is 0 Å². The van der Waals surface area contributed by atoms with Gasteiger partial charge in [-0.25, -0.2) is 0 Å². The third kappa shape index (κ3) is 20.4. The lowest BCUT2D eigenvalue weighted by Gasteiger charge is -1.99. The lowest BCUT2D eigenvalue weighted by Crippen LogP contribution is -1.81. The minimum Gasteiger partial charge on any atom is -0.0988 e. The highest BCUT2D eigenvalue weighted by atomic mass is 14.0. The van der Waals surface area contributed by atoms with Gasteiger partial charge in [-0.05, 0) is 24.0 Å². The fourth-order valence-electron chi connectivity index (χ4n) is 0.774. The van der Waals surface area contributed by atoms with Crippen LogP contribution in [0.15, 0.2) is 48.6 Å². The molecule has 0 atom stereocenters. The van der Waals surface area contributed by atoms with Crippen LogP contribution in [0, 0.1) is 5.92 Å². The van der Waals surface area contributed by atoms with Crippen LogP contribution in [-0.2, 0) is 0 Å². The summed E-state index contributed by atoms with van der Waals surface area (Å²) in [6.07, 6.45) is 7.95. The van der Waals surface area contributed by atoms with Crippen molar-refractivity contribution in [3.63, 3.8) is 0 Å². The third-order valence-corrected chi connectivity index (χ3v) is 1.64. The zero-order chi connectivity index (χ0) is 15.6. The average Bonchev–Trinajstić information content (AvgIpc) is 2.45. The van der Waals surface area contributed by atoms with Crippen LogP contribution in [-0.4, -0.2) is 0 Å². The number of allylic oxidation sites excluding steroid dienone is 6. The highest BCUT2D eigenvalue weighted by Gasteiger charge is 1.90. The third-order valence-electron chi connectivity index (χ3n) is 1.64. The van der Waals surface area contributed by atoms with Gasteiger partial charge in [-0.2, -0.15) is 0 Å². The van der Waals surface area contributed by atoms with Crippen LogP contribution in [0.3, 0.4) is 0 Å². The van der Waals surface area contributed by atoms with Crippen molar-refractivity contribution in [1.82, 2.24) is 0 Å². The monoisotopic (exact) mass is 252 g/mol. The van der Waals surface area contributed by atoms with Crippen LogP contribution in [0.2, 0.25) is 0 Å². The fourth-order valence-corrected chi connectivity index (χ4v) is 0.774. The second kappa shape index (κ2) is 25.0. The molecule has 0 bridgehead atoms. The van der Waals surface area contributed by atoms with Gasteiger partial charge in [0.2, 0.25) is 0 Å². The highest BCUT2D eigenvalue weighted by Crippen LogP contribution is 2.09. The molecule has 0 N–H and O–H groups in total. The first-order valence-electron chi connectivity index (χ1n) is 7.25. The van der Waals surface area contributed by atoms with E-state index in [1.54, 1.807) is 0 Å². The molecule has 0 heteroatoms. The molecule has 0 unspecified atom stereocenters. The van der Waals surface area contributed by atoms with Crippen LogP contribution in [0.1, 0.15) is 62.3 Å². The summed E-state index contributed by atoms with van der Waals surface area (Å²) in [5.74, 6) is 0.581. The Labute approximate surface area is 117 Å². The van der Waals surface area contributed by atoms with Crippen molar-refractivity contribution in [2.24, 2.45) is 5.92 Å². The van der Waals surface area contributed by atoms with Gasteiger partial charge in [0, 0.05) is 0 Å². The van der Waals surface area contributed by atoms with Gasteiger partial charge in [0.1, 0.15) is 0 Å². The van der Waals surface area contributed by atoms with Gasteiger partial charge >= 0.3 is 0 Å². The summed E-state index contributed by atoms with van der Waals surface area (Å²) in [5, 5.41) is 0. The zero-order valence-electron chi connectivity index (χ0n) is 14.3. The summed E-state index contributed by atoms with van der Waals surface area (Å²) in [5.41, 5.74) is 2.32. The van der Waals surface area contributed by atoms with E-state index < -0.39 is 0 Å². The first kappa shape index (κ1) is 25.7. The molecule has 0 aromatic heterocycles. The van der Waals surface area contributed by atoms with Crippen molar-refractivity contribution in [3.8, 4) is 0 Å².